The Labute approximate surface area is 109 Å². The molecular formula is C15H22N2O. The summed E-state index contributed by atoms with van der Waals surface area (Å²) in [4.78, 5) is 12.2. The van der Waals surface area contributed by atoms with E-state index in [1.165, 1.54) is 19.3 Å². The number of hydrogen-bond donors (Lipinski definition) is 2. The zero-order valence-electron chi connectivity index (χ0n) is 11.2. The summed E-state index contributed by atoms with van der Waals surface area (Å²) >= 11 is 0. The molecule has 1 fully saturated rings. The first-order valence-corrected chi connectivity index (χ1v) is 6.74. The van der Waals surface area contributed by atoms with Crippen LogP contribution >= 0.6 is 0 Å². The van der Waals surface area contributed by atoms with Gasteiger partial charge < -0.3 is 11.1 Å². The molecule has 18 heavy (non-hydrogen) atoms. The summed E-state index contributed by atoms with van der Waals surface area (Å²) in [6, 6.07) is 5.82. The first kappa shape index (κ1) is 12.9. The number of carbonyl (C=O) groups excluding carboxylic acids is 1. The minimum absolute atomic E-state index is 0.00384. The average molecular weight is 246 g/mol. The molecule has 0 heterocycles. The number of amides is 1. The highest BCUT2D eigenvalue weighted by Crippen LogP contribution is 2.24. The summed E-state index contributed by atoms with van der Waals surface area (Å²) in [5.74, 6) is 0.578. The zero-order chi connectivity index (χ0) is 13.1. The smallest absolute Gasteiger partial charge is 0.251 e. The molecule has 3 nitrogen and oxygen atoms in total. The lowest BCUT2D eigenvalue weighted by Gasteiger charge is -2.29. The van der Waals surface area contributed by atoms with E-state index in [2.05, 4.69) is 12.2 Å². The van der Waals surface area contributed by atoms with Gasteiger partial charge in [-0.1, -0.05) is 19.8 Å². The third-order valence-corrected chi connectivity index (χ3v) is 3.79. The van der Waals surface area contributed by atoms with Crippen molar-refractivity contribution in [2.24, 2.45) is 5.92 Å². The predicted molar refractivity (Wildman–Crippen MR) is 74.5 cm³/mol. The fraction of sp³-hybridized carbons (Fsp3) is 0.533. The van der Waals surface area contributed by atoms with Crippen molar-refractivity contribution in [3.05, 3.63) is 29.3 Å². The fourth-order valence-corrected chi connectivity index (χ4v) is 2.73. The summed E-state index contributed by atoms with van der Waals surface area (Å²) in [7, 11) is 0. The molecule has 0 radical (unpaired) electrons. The molecule has 1 amide bonds. The van der Waals surface area contributed by atoms with Crippen molar-refractivity contribution in [1.82, 2.24) is 5.32 Å². The second-order valence-corrected chi connectivity index (χ2v) is 5.47. The van der Waals surface area contributed by atoms with E-state index in [0.29, 0.717) is 23.2 Å². The molecule has 3 heteroatoms. The Morgan fingerprint density at radius 2 is 2.00 bits per heavy atom. The number of aryl methyl sites for hydroxylation is 1. The molecule has 1 aliphatic carbocycles. The maximum Gasteiger partial charge on any atom is 0.251 e. The van der Waals surface area contributed by atoms with Crippen LogP contribution in [0.1, 0.15) is 48.5 Å². The molecule has 2 atom stereocenters. The van der Waals surface area contributed by atoms with Crippen LogP contribution in [0.3, 0.4) is 0 Å². The normalized spacial score (nSPS) is 23.7. The van der Waals surface area contributed by atoms with Crippen LogP contribution < -0.4 is 11.1 Å². The van der Waals surface area contributed by atoms with E-state index in [9.17, 15) is 4.79 Å². The quantitative estimate of drug-likeness (QED) is 0.788. The van der Waals surface area contributed by atoms with Crippen molar-refractivity contribution >= 4 is 11.6 Å². The van der Waals surface area contributed by atoms with E-state index in [1.54, 1.807) is 6.07 Å². The van der Waals surface area contributed by atoms with Gasteiger partial charge in [-0.2, -0.15) is 0 Å². The van der Waals surface area contributed by atoms with Crippen LogP contribution in [0, 0.1) is 12.8 Å². The molecule has 0 saturated heterocycles. The molecular weight excluding hydrogens is 224 g/mol. The lowest BCUT2D eigenvalue weighted by molar-refractivity contribution is 0.0910. The Balaban J connectivity index is 2.06. The van der Waals surface area contributed by atoms with Gasteiger partial charge in [0.15, 0.2) is 0 Å². The third kappa shape index (κ3) is 3.03. The summed E-state index contributed by atoms with van der Waals surface area (Å²) in [6.07, 6.45) is 4.80. The van der Waals surface area contributed by atoms with Crippen LogP contribution in [0.5, 0.6) is 0 Å². The van der Waals surface area contributed by atoms with E-state index in [-0.39, 0.29) is 5.91 Å². The minimum Gasteiger partial charge on any atom is -0.399 e. The van der Waals surface area contributed by atoms with Crippen LogP contribution in [0.4, 0.5) is 5.69 Å². The standard InChI is InChI=1S/C15H22N2O/c1-10-7-12(9-13(16)8-10)15(18)17-14-6-4-3-5-11(14)2/h7-9,11,14H,3-6,16H2,1-2H3,(H,17,18). The van der Waals surface area contributed by atoms with Gasteiger partial charge in [0.25, 0.3) is 5.91 Å². The molecule has 1 aromatic rings. The molecule has 1 saturated carbocycles. The Morgan fingerprint density at radius 1 is 1.28 bits per heavy atom. The van der Waals surface area contributed by atoms with Crippen molar-refractivity contribution < 1.29 is 4.79 Å². The van der Waals surface area contributed by atoms with Gasteiger partial charge in [0, 0.05) is 17.3 Å². The molecule has 0 spiro atoms. The zero-order valence-corrected chi connectivity index (χ0v) is 11.2. The van der Waals surface area contributed by atoms with E-state index < -0.39 is 0 Å². The Bertz CT molecular complexity index is 422. The van der Waals surface area contributed by atoms with E-state index in [1.807, 2.05) is 19.1 Å². The highest BCUT2D eigenvalue weighted by Gasteiger charge is 2.23. The minimum atomic E-state index is 0.00384. The maximum absolute atomic E-state index is 12.2. The molecule has 98 valence electrons. The second kappa shape index (κ2) is 5.42. The molecule has 3 N–H and O–H groups in total. The highest BCUT2D eigenvalue weighted by molar-refractivity contribution is 5.95. The van der Waals surface area contributed by atoms with Crippen molar-refractivity contribution in [1.29, 1.82) is 0 Å². The Hall–Kier alpha value is -1.51. The van der Waals surface area contributed by atoms with Crippen LogP contribution in [0.15, 0.2) is 18.2 Å². The summed E-state index contributed by atoms with van der Waals surface area (Å²) in [6.45, 7) is 4.17. The van der Waals surface area contributed by atoms with Crippen LogP contribution in [0.2, 0.25) is 0 Å². The van der Waals surface area contributed by atoms with Crippen molar-refractivity contribution in [3.8, 4) is 0 Å². The number of anilines is 1. The second-order valence-electron chi connectivity index (χ2n) is 5.47. The molecule has 0 aromatic heterocycles. The van der Waals surface area contributed by atoms with Crippen molar-refractivity contribution in [3.63, 3.8) is 0 Å². The van der Waals surface area contributed by atoms with Crippen molar-refractivity contribution in [2.45, 2.75) is 45.6 Å². The number of carbonyl (C=O) groups is 1. The molecule has 0 bridgehead atoms. The first-order chi connectivity index (χ1) is 8.56. The Kier molecular flexibility index (Phi) is 3.90. The average Bonchev–Trinajstić information content (AvgIpc) is 2.31. The van der Waals surface area contributed by atoms with E-state index in [4.69, 9.17) is 5.73 Å². The monoisotopic (exact) mass is 246 g/mol. The number of nitrogens with one attached hydrogen (secondary N) is 1. The van der Waals surface area contributed by atoms with Gasteiger partial charge in [-0.25, -0.2) is 0 Å². The molecule has 2 rings (SSSR count). The lowest BCUT2D eigenvalue weighted by atomic mass is 9.86. The van der Waals surface area contributed by atoms with Crippen molar-refractivity contribution in [2.75, 3.05) is 5.73 Å². The predicted octanol–water partition coefficient (Wildman–Crippen LogP) is 2.89. The topological polar surface area (TPSA) is 55.1 Å². The maximum atomic E-state index is 12.2. The van der Waals surface area contributed by atoms with Gasteiger partial charge >= 0.3 is 0 Å². The number of hydrogen-bond acceptors (Lipinski definition) is 2. The van der Waals surface area contributed by atoms with Crippen LogP contribution in [-0.4, -0.2) is 11.9 Å². The molecule has 1 aromatic carbocycles. The highest BCUT2D eigenvalue weighted by atomic mass is 16.1. The van der Waals surface area contributed by atoms with Crippen LogP contribution in [-0.2, 0) is 0 Å². The van der Waals surface area contributed by atoms with Gasteiger partial charge in [0.2, 0.25) is 0 Å². The third-order valence-electron chi connectivity index (χ3n) is 3.79. The van der Waals surface area contributed by atoms with Gasteiger partial charge in [-0.15, -0.1) is 0 Å². The molecule has 1 aliphatic rings. The first-order valence-electron chi connectivity index (χ1n) is 6.74. The summed E-state index contributed by atoms with van der Waals surface area (Å²) in [5.41, 5.74) is 8.12. The van der Waals surface area contributed by atoms with E-state index in [0.717, 1.165) is 12.0 Å². The van der Waals surface area contributed by atoms with Gasteiger partial charge in [0.05, 0.1) is 0 Å². The fourth-order valence-electron chi connectivity index (χ4n) is 2.73. The van der Waals surface area contributed by atoms with Gasteiger partial charge in [-0.05, 0) is 49.4 Å². The molecule has 0 aliphatic heterocycles. The largest absolute Gasteiger partial charge is 0.399 e. The molecule has 2 unspecified atom stereocenters. The number of nitrogen functional groups attached to an aromatic ring is 1. The van der Waals surface area contributed by atoms with E-state index >= 15 is 0 Å². The SMILES string of the molecule is Cc1cc(N)cc(C(=O)NC2CCCCC2C)c1. The Morgan fingerprint density at radius 3 is 2.67 bits per heavy atom. The number of nitrogens with two attached hydrogens (primary N) is 1. The summed E-state index contributed by atoms with van der Waals surface area (Å²) in [5, 5.41) is 3.14. The van der Waals surface area contributed by atoms with Gasteiger partial charge in [0.1, 0.15) is 0 Å². The lowest BCUT2D eigenvalue weighted by Crippen LogP contribution is -2.41. The van der Waals surface area contributed by atoms with Crippen LogP contribution in [0.25, 0.3) is 0 Å². The number of rotatable bonds is 2. The van der Waals surface area contributed by atoms with Gasteiger partial charge in [-0.3, -0.25) is 4.79 Å². The number of benzene rings is 1. The summed E-state index contributed by atoms with van der Waals surface area (Å²) < 4.78 is 0.